The van der Waals surface area contributed by atoms with Gasteiger partial charge in [-0.2, -0.15) is 0 Å². The van der Waals surface area contributed by atoms with Crippen molar-refractivity contribution in [1.29, 1.82) is 0 Å². The Balaban J connectivity index is 3.72. The number of carbonyl (C=O) groups is 2. The van der Waals surface area contributed by atoms with Gasteiger partial charge in [0, 0.05) is 0 Å². The summed E-state index contributed by atoms with van der Waals surface area (Å²) in [6, 6.07) is 0. The molecule has 10 heavy (non-hydrogen) atoms. The second-order valence-corrected chi connectivity index (χ2v) is 1.86. The summed E-state index contributed by atoms with van der Waals surface area (Å²) in [5.74, 6) is -0.945. The highest BCUT2D eigenvalue weighted by molar-refractivity contribution is 5.84. The molecule has 0 atom stereocenters. The molecule has 0 bridgehead atoms. The molecule has 0 aromatic rings. The number of hydrogen-bond acceptors (Lipinski definition) is 4. The van der Waals surface area contributed by atoms with E-state index in [4.69, 9.17) is 10.9 Å². The number of amides is 1. The number of nitrogens with two attached hydrogens (primary N) is 1. The zero-order valence-corrected chi connectivity index (χ0v) is 5.70. The standard InChI is InChI=1S/C5H10N2O3/c1-4(8)3-7(10)5(9)2-6/h10H,2-3,6H2,1H3. The van der Waals surface area contributed by atoms with E-state index in [2.05, 4.69) is 0 Å². The first kappa shape index (κ1) is 9.06. The maximum atomic E-state index is 10.4. The minimum atomic E-state index is -0.657. The third kappa shape index (κ3) is 3.16. The van der Waals surface area contributed by atoms with Crippen molar-refractivity contribution in [3.63, 3.8) is 0 Å². The molecular formula is C5H10N2O3. The molecule has 0 radical (unpaired) electrons. The van der Waals surface area contributed by atoms with Gasteiger partial charge in [0.2, 0.25) is 0 Å². The molecule has 0 rings (SSSR count). The van der Waals surface area contributed by atoms with Crippen molar-refractivity contribution in [3.05, 3.63) is 0 Å². The molecule has 0 fully saturated rings. The third-order valence-electron chi connectivity index (χ3n) is 0.835. The summed E-state index contributed by atoms with van der Waals surface area (Å²) < 4.78 is 0. The van der Waals surface area contributed by atoms with Gasteiger partial charge in [0.15, 0.2) is 5.78 Å². The fraction of sp³-hybridized carbons (Fsp3) is 0.600. The first-order chi connectivity index (χ1) is 4.57. The highest BCUT2D eigenvalue weighted by atomic mass is 16.5. The molecule has 0 aliphatic rings. The molecule has 1 amide bonds. The summed E-state index contributed by atoms with van der Waals surface area (Å²) in [6.07, 6.45) is 0. The lowest BCUT2D eigenvalue weighted by Gasteiger charge is -2.10. The van der Waals surface area contributed by atoms with E-state index in [9.17, 15) is 9.59 Å². The molecule has 0 saturated carbocycles. The lowest BCUT2D eigenvalue weighted by Crippen LogP contribution is -2.36. The fourth-order valence-electron chi connectivity index (χ4n) is 0.404. The van der Waals surface area contributed by atoms with Crippen LogP contribution in [0.2, 0.25) is 0 Å². The Bertz CT molecular complexity index is 146. The predicted molar refractivity (Wildman–Crippen MR) is 33.2 cm³/mol. The number of rotatable bonds is 3. The van der Waals surface area contributed by atoms with Crippen molar-refractivity contribution in [1.82, 2.24) is 5.06 Å². The quantitative estimate of drug-likeness (QED) is 0.385. The Hall–Kier alpha value is -0.940. The molecule has 3 N–H and O–H groups in total. The van der Waals surface area contributed by atoms with Crippen molar-refractivity contribution < 1.29 is 14.8 Å². The van der Waals surface area contributed by atoms with Gasteiger partial charge in [0.05, 0.1) is 6.54 Å². The van der Waals surface area contributed by atoms with Crippen LogP contribution >= 0.6 is 0 Å². The van der Waals surface area contributed by atoms with Crippen molar-refractivity contribution in [2.24, 2.45) is 5.73 Å². The van der Waals surface area contributed by atoms with Gasteiger partial charge in [-0.15, -0.1) is 0 Å². The summed E-state index contributed by atoms with van der Waals surface area (Å²) in [5, 5.41) is 8.98. The van der Waals surface area contributed by atoms with E-state index in [1.165, 1.54) is 6.92 Å². The number of Topliss-reactive ketones (excluding diaryl/α,β-unsaturated/α-hetero) is 1. The van der Waals surface area contributed by atoms with Gasteiger partial charge in [-0.3, -0.25) is 14.8 Å². The van der Waals surface area contributed by atoms with Crippen molar-refractivity contribution in [3.8, 4) is 0 Å². The van der Waals surface area contributed by atoms with E-state index in [0.29, 0.717) is 5.06 Å². The minimum absolute atomic E-state index is 0.288. The Labute approximate surface area is 58.4 Å². The van der Waals surface area contributed by atoms with Gasteiger partial charge in [-0.05, 0) is 6.92 Å². The maximum Gasteiger partial charge on any atom is 0.260 e. The number of nitrogens with zero attached hydrogens (tertiary/aromatic N) is 1. The predicted octanol–water partition coefficient (Wildman–Crippen LogP) is -1.25. The third-order valence-corrected chi connectivity index (χ3v) is 0.835. The van der Waals surface area contributed by atoms with E-state index in [1.54, 1.807) is 0 Å². The van der Waals surface area contributed by atoms with Crippen LogP contribution in [0.3, 0.4) is 0 Å². The van der Waals surface area contributed by atoms with Gasteiger partial charge in [-0.1, -0.05) is 0 Å². The Kier molecular flexibility index (Phi) is 3.60. The van der Waals surface area contributed by atoms with Crippen LogP contribution in [0, 0.1) is 0 Å². The van der Waals surface area contributed by atoms with Gasteiger partial charge < -0.3 is 5.73 Å². The molecule has 0 aliphatic heterocycles. The van der Waals surface area contributed by atoms with E-state index in [-0.39, 0.29) is 18.9 Å². The summed E-state index contributed by atoms with van der Waals surface area (Å²) in [7, 11) is 0. The smallest absolute Gasteiger partial charge is 0.260 e. The van der Waals surface area contributed by atoms with Crippen molar-refractivity contribution in [2.75, 3.05) is 13.1 Å². The molecular weight excluding hydrogens is 136 g/mol. The molecule has 5 heteroatoms. The number of hydroxylamine groups is 2. The zero-order valence-electron chi connectivity index (χ0n) is 5.70. The SMILES string of the molecule is CC(=O)CN(O)C(=O)CN. The van der Waals surface area contributed by atoms with Crippen molar-refractivity contribution in [2.45, 2.75) is 6.92 Å². The summed E-state index contributed by atoms with van der Waals surface area (Å²) in [4.78, 5) is 20.7. The maximum absolute atomic E-state index is 10.4. The average molecular weight is 146 g/mol. The highest BCUT2D eigenvalue weighted by Crippen LogP contribution is 1.81. The second-order valence-electron chi connectivity index (χ2n) is 1.86. The van der Waals surface area contributed by atoms with Gasteiger partial charge in [0.25, 0.3) is 5.91 Å². The number of carbonyl (C=O) groups excluding carboxylic acids is 2. The lowest BCUT2D eigenvalue weighted by atomic mass is 10.4. The largest absolute Gasteiger partial charge is 0.322 e. The first-order valence-electron chi connectivity index (χ1n) is 2.76. The minimum Gasteiger partial charge on any atom is -0.322 e. The van der Waals surface area contributed by atoms with E-state index in [1.807, 2.05) is 0 Å². The average Bonchev–Trinajstić information content (AvgIpc) is 1.85. The monoisotopic (exact) mass is 146 g/mol. The van der Waals surface area contributed by atoms with Crippen LogP contribution in [0.5, 0.6) is 0 Å². The molecule has 0 spiro atoms. The summed E-state index contributed by atoms with van der Waals surface area (Å²) in [6.45, 7) is 0.687. The van der Waals surface area contributed by atoms with Crippen LogP contribution in [-0.4, -0.2) is 35.1 Å². The van der Waals surface area contributed by atoms with Crippen LogP contribution < -0.4 is 5.73 Å². The van der Waals surface area contributed by atoms with Gasteiger partial charge >= 0.3 is 0 Å². The fourth-order valence-corrected chi connectivity index (χ4v) is 0.404. The van der Waals surface area contributed by atoms with E-state index >= 15 is 0 Å². The summed E-state index contributed by atoms with van der Waals surface area (Å²) in [5.41, 5.74) is 4.89. The van der Waals surface area contributed by atoms with E-state index < -0.39 is 5.91 Å². The highest BCUT2D eigenvalue weighted by Gasteiger charge is 2.09. The molecule has 0 saturated heterocycles. The topological polar surface area (TPSA) is 83.6 Å². The zero-order chi connectivity index (χ0) is 8.15. The van der Waals surface area contributed by atoms with Gasteiger partial charge in [-0.25, -0.2) is 5.06 Å². The lowest BCUT2D eigenvalue weighted by molar-refractivity contribution is -0.166. The van der Waals surface area contributed by atoms with Gasteiger partial charge in [0.1, 0.15) is 6.54 Å². The second kappa shape index (κ2) is 3.97. The Morgan fingerprint density at radius 2 is 2.10 bits per heavy atom. The summed E-state index contributed by atoms with van der Waals surface area (Å²) >= 11 is 0. The number of hydrogen-bond donors (Lipinski definition) is 2. The normalized spacial score (nSPS) is 9.10. The van der Waals surface area contributed by atoms with E-state index in [0.717, 1.165) is 0 Å². The Morgan fingerprint density at radius 3 is 2.40 bits per heavy atom. The molecule has 0 heterocycles. The van der Waals surface area contributed by atoms with Crippen molar-refractivity contribution >= 4 is 11.7 Å². The van der Waals surface area contributed by atoms with Crippen LogP contribution in [0.15, 0.2) is 0 Å². The molecule has 58 valence electrons. The molecule has 0 unspecified atom stereocenters. The molecule has 5 nitrogen and oxygen atoms in total. The van der Waals surface area contributed by atoms with Crippen LogP contribution in [0.25, 0.3) is 0 Å². The molecule has 0 aromatic heterocycles. The van der Waals surface area contributed by atoms with Crippen LogP contribution in [-0.2, 0) is 9.59 Å². The number of ketones is 1. The van der Waals surface area contributed by atoms with Crippen LogP contribution in [0.1, 0.15) is 6.92 Å². The molecule has 0 aliphatic carbocycles. The Morgan fingerprint density at radius 1 is 1.60 bits per heavy atom. The van der Waals surface area contributed by atoms with Crippen LogP contribution in [0.4, 0.5) is 0 Å². The first-order valence-corrected chi connectivity index (χ1v) is 2.76. The molecule has 0 aromatic carbocycles.